The van der Waals surface area contributed by atoms with Gasteiger partial charge < -0.3 is 5.32 Å². The molecule has 0 aliphatic carbocycles. The number of hydrogen-bond acceptors (Lipinski definition) is 3. The minimum atomic E-state index is -3.68. The van der Waals surface area contributed by atoms with Crippen LogP contribution in [-0.4, -0.2) is 26.6 Å². The van der Waals surface area contributed by atoms with E-state index < -0.39 is 16.1 Å². The molecule has 27 heavy (non-hydrogen) atoms. The van der Waals surface area contributed by atoms with Gasteiger partial charge in [-0.15, -0.1) is 0 Å². The van der Waals surface area contributed by atoms with E-state index in [1.165, 1.54) is 0 Å². The third-order valence-corrected chi connectivity index (χ3v) is 5.77. The van der Waals surface area contributed by atoms with E-state index in [1.54, 1.807) is 31.2 Å². The Kier molecular flexibility index (Phi) is 6.54. The zero-order valence-corrected chi connectivity index (χ0v) is 17.8. The zero-order chi connectivity index (χ0) is 20.4. The lowest BCUT2D eigenvalue weighted by Crippen LogP contribution is -2.47. The van der Waals surface area contributed by atoms with E-state index in [2.05, 4.69) is 5.32 Å². The van der Waals surface area contributed by atoms with Gasteiger partial charge in [0.15, 0.2) is 0 Å². The highest BCUT2D eigenvalue weighted by Gasteiger charge is 2.31. The molecule has 2 aromatic rings. The highest BCUT2D eigenvalue weighted by atomic mass is 35.5. The number of nitrogens with one attached hydrogen (secondary N) is 1. The minimum absolute atomic E-state index is 0.325. The Balaban J connectivity index is 2.42. The molecule has 0 radical (unpaired) electrons. The zero-order valence-electron chi connectivity index (χ0n) is 16.2. The number of hydrogen-bond donors (Lipinski definition) is 1. The van der Waals surface area contributed by atoms with Crippen molar-refractivity contribution in [2.45, 2.75) is 40.2 Å². The predicted molar refractivity (Wildman–Crippen MR) is 112 cm³/mol. The first-order valence-electron chi connectivity index (χ1n) is 8.68. The average Bonchev–Trinajstić information content (AvgIpc) is 2.55. The molecule has 2 aromatic carbocycles. The number of nitrogens with zero attached hydrogens (tertiary/aromatic N) is 1. The van der Waals surface area contributed by atoms with Crippen molar-refractivity contribution in [2.75, 3.05) is 15.9 Å². The second-order valence-corrected chi connectivity index (χ2v) is 9.02. The summed E-state index contributed by atoms with van der Waals surface area (Å²) in [6.45, 7) is 7.62. The molecule has 1 N–H and O–H groups in total. The lowest BCUT2D eigenvalue weighted by atomic mass is 10.0. The SMILES string of the molecule is CC[C@H](C(=O)Nc1c(C)cc(C)cc1C)N(c1ccc(Cl)cc1)S(C)(=O)=O. The number of anilines is 2. The first kappa shape index (κ1) is 21.3. The molecule has 2 rings (SSSR count). The predicted octanol–water partition coefficient (Wildman–Crippen LogP) is 4.45. The van der Waals surface area contributed by atoms with Crippen LogP contribution < -0.4 is 9.62 Å². The van der Waals surface area contributed by atoms with Crippen molar-refractivity contribution in [1.82, 2.24) is 0 Å². The highest BCUT2D eigenvalue weighted by Crippen LogP contribution is 2.27. The lowest BCUT2D eigenvalue weighted by Gasteiger charge is -2.30. The molecule has 7 heteroatoms. The van der Waals surface area contributed by atoms with Crippen molar-refractivity contribution < 1.29 is 13.2 Å². The van der Waals surface area contributed by atoms with Gasteiger partial charge >= 0.3 is 0 Å². The van der Waals surface area contributed by atoms with Gasteiger partial charge in [0.2, 0.25) is 15.9 Å². The summed E-state index contributed by atoms with van der Waals surface area (Å²) in [6, 6.07) is 9.50. The monoisotopic (exact) mass is 408 g/mol. The summed E-state index contributed by atoms with van der Waals surface area (Å²) in [5.41, 5.74) is 4.10. The van der Waals surface area contributed by atoms with Crippen molar-refractivity contribution in [1.29, 1.82) is 0 Å². The van der Waals surface area contributed by atoms with Crippen molar-refractivity contribution in [3.8, 4) is 0 Å². The van der Waals surface area contributed by atoms with Crippen molar-refractivity contribution in [2.24, 2.45) is 0 Å². The molecule has 0 saturated carbocycles. The van der Waals surface area contributed by atoms with E-state index >= 15 is 0 Å². The largest absolute Gasteiger partial charge is 0.324 e. The molecule has 0 fully saturated rings. The molecule has 0 unspecified atom stereocenters. The summed E-state index contributed by atoms with van der Waals surface area (Å²) in [7, 11) is -3.68. The van der Waals surface area contributed by atoms with Crippen LogP contribution >= 0.6 is 11.6 Å². The summed E-state index contributed by atoms with van der Waals surface area (Å²) in [5.74, 6) is -0.368. The van der Waals surface area contributed by atoms with Gasteiger partial charge in [0, 0.05) is 10.7 Å². The fourth-order valence-electron chi connectivity index (χ4n) is 3.23. The lowest BCUT2D eigenvalue weighted by molar-refractivity contribution is -0.117. The molecule has 0 aliphatic heterocycles. The Morgan fingerprint density at radius 2 is 1.63 bits per heavy atom. The fraction of sp³-hybridized carbons (Fsp3) is 0.350. The molecule has 0 spiro atoms. The third-order valence-electron chi connectivity index (χ3n) is 4.34. The van der Waals surface area contributed by atoms with Gasteiger partial charge in [-0.25, -0.2) is 8.42 Å². The number of halogens is 1. The van der Waals surface area contributed by atoms with Crippen molar-refractivity contribution in [3.05, 3.63) is 58.1 Å². The number of amides is 1. The first-order chi connectivity index (χ1) is 12.5. The van der Waals surface area contributed by atoms with E-state index in [4.69, 9.17) is 11.6 Å². The van der Waals surface area contributed by atoms with Crippen LogP contribution in [0.3, 0.4) is 0 Å². The van der Waals surface area contributed by atoms with Crippen LogP contribution in [0.2, 0.25) is 5.02 Å². The summed E-state index contributed by atoms with van der Waals surface area (Å²) in [5, 5.41) is 3.42. The number of aryl methyl sites for hydroxylation is 3. The van der Waals surface area contributed by atoms with E-state index in [-0.39, 0.29) is 5.91 Å². The Bertz CT molecular complexity index is 917. The Morgan fingerprint density at radius 1 is 1.11 bits per heavy atom. The normalized spacial score (nSPS) is 12.5. The van der Waals surface area contributed by atoms with Gasteiger partial charge in [-0.2, -0.15) is 0 Å². The van der Waals surface area contributed by atoms with Crippen LogP contribution in [0, 0.1) is 20.8 Å². The van der Waals surface area contributed by atoms with Crippen LogP contribution in [0.5, 0.6) is 0 Å². The van der Waals surface area contributed by atoms with Gasteiger partial charge in [-0.05, 0) is 62.6 Å². The molecular formula is C20H25ClN2O3S. The van der Waals surface area contributed by atoms with Gasteiger partial charge in [0.25, 0.3) is 0 Å². The topological polar surface area (TPSA) is 66.5 Å². The fourth-order valence-corrected chi connectivity index (χ4v) is 4.57. The average molecular weight is 409 g/mol. The molecule has 0 aliphatic rings. The summed E-state index contributed by atoms with van der Waals surface area (Å²) in [6.07, 6.45) is 1.42. The third kappa shape index (κ3) is 5.02. The summed E-state index contributed by atoms with van der Waals surface area (Å²) >= 11 is 5.91. The van der Waals surface area contributed by atoms with E-state index in [9.17, 15) is 13.2 Å². The molecule has 0 bridgehead atoms. The van der Waals surface area contributed by atoms with Crippen LogP contribution in [-0.2, 0) is 14.8 Å². The second kappa shape index (κ2) is 8.31. The Morgan fingerprint density at radius 3 is 2.07 bits per heavy atom. The Labute approximate surface area is 166 Å². The molecule has 0 aromatic heterocycles. The maximum Gasteiger partial charge on any atom is 0.248 e. The van der Waals surface area contributed by atoms with E-state index in [0.717, 1.165) is 27.3 Å². The molecule has 0 heterocycles. The maximum atomic E-state index is 13.0. The number of benzene rings is 2. The smallest absolute Gasteiger partial charge is 0.248 e. The highest BCUT2D eigenvalue weighted by molar-refractivity contribution is 7.92. The quantitative estimate of drug-likeness (QED) is 0.767. The molecule has 1 amide bonds. The van der Waals surface area contributed by atoms with Gasteiger partial charge in [-0.1, -0.05) is 36.2 Å². The van der Waals surface area contributed by atoms with Crippen LogP contribution in [0.4, 0.5) is 11.4 Å². The maximum absolute atomic E-state index is 13.0. The minimum Gasteiger partial charge on any atom is -0.324 e. The number of sulfonamides is 1. The molecular weight excluding hydrogens is 384 g/mol. The summed E-state index contributed by atoms with van der Waals surface area (Å²) < 4.78 is 26.1. The van der Waals surface area contributed by atoms with E-state index in [0.29, 0.717) is 22.8 Å². The van der Waals surface area contributed by atoms with Crippen LogP contribution in [0.25, 0.3) is 0 Å². The number of carbonyl (C=O) groups excluding carboxylic acids is 1. The van der Waals surface area contributed by atoms with Crippen LogP contribution in [0.15, 0.2) is 36.4 Å². The van der Waals surface area contributed by atoms with Crippen molar-refractivity contribution >= 4 is 38.9 Å². The number of carbonyl (C=O) groups is 1. The van der Waals surface area contributed by atoms with Gasteiger partial charge in [0.1, 0.15) is 6.04 Å². The first-order valence-corrected chi connectivity index (χ1v) is 10.9. The Hall–Kier alpha value is -2.05. The molecule has 146 valence electrons. The standard InChI is InChI=1S/C20H25ClN2O3S/c1-6-18(20(24)22-19-14(3)11-13(2)12-15(19)4)23(27(5,25)26)17-9-7-16(21)8-10-17/h7-12,18H,6H2,1-5H3,(H,22,24)/t18-/m1/s1. The molecule has 1 atom stereocenters. The van der Waals surface area contributed by atoms with Crippen LogP contribution in [0.1, 0.15) is 30.0 Å². The van der Waals surface area contributed by atoms with E-state index in [1.807, 2.05) is 32.9 Å². The number of rotatable bonds is 6. The van der Waals surface area contributed by atoms with Crippen molar-refractivity contribution in [3.63, 3.8) is 0 Å². The molecule has 0 saturated heterocycles. The van der Waals surface area contributed by atoms with Gasteiger partial charge in [0.05, 0.1) is 11.9 Å². The van der Waals surface area contributed by atoms with Gasteiger partial charge in [-0.3, -0.25) is 9.10 Å². The second-order valence-electron chi connectivity index (χ2n) is 6.72. The summed E-state index contributed by atoms with van der Waals surface area (Å²) in [4.78, 5) is 13.0. The molecule has 5 nitrogen and oxygen atoms in total.